The highest BCUT2D eigenvalue weighted by Gasteiger charge is 2.63. The van der Waals surface area contributed by atoms with Crippen LogP contribution in [-0.2, 0) is 9.53 Å². The maximum absolute atomic E-state index is 13.1. The molecule has 4 aliphatic rings. The summed E-state index contributed by atoms with van der Waals surface area (Å²) in [6.07, 6.45) is 15.7. The van der Waals surface area contributed by atoms with Crippen LogP contribution in [0.25, 0.3) is 0 Å². The molecule has 1 saturated heterocycles. The Morgan fingerprint density at radius 2 is 1.42 bits per heavy atom. The molecule has 0 aromatic carbocycles. The smallest absolute Gasteiger partial charge is 0.309 e. The number of esters is 1. The van der Waals surface area contributed by atoms with E-state index >= 15 is 0 Å². The van der Waals surface area contributed by atoms with Gasteiger partial charge in [-0.1, -0.05) is 98.8 Å². The largest absolute Gasteiger partial charge is 0.465 e. The van der Waals surface area contributed by atoms with Crippen LogP contribution in [0.5, 0.6) is 0 Å². The van der Waals surface area contributed by atoms with Crippen molar-refractivity contribution >= 4 is 5.97 Å². The Morgan fingerprint density at radius 1 is 0.814 bits per heavy atom. The van der Waals surface area contributed by atoms with Gasteiger partial charge in [-0.25, -0.2) is 0 Å². The van der Waals surface area contributed by atoms with Gasteiger partial charge in [-0.05, 0) is 91.3 Å². The van der Waals surface area contributed by atoms with Gasteiger partial charge in [0.15, 0.2) is 0 Å². The average Bonchev–Trinajstić information content (AvgIpc) is 3.29. The maximum Gasteiger partial charge on any atom is 0.309 e. The van der Waals surface area contributed by atoms with Crippen LogP contribution in [0.15, 0.2) is 0 Å². The molecule has 6 nitrogen and oxygen atoms in total. The molecule has 4 N–H and O–H groups in total. The summed E-state index contributed by atoms with van der Waals surface area (Å²) >= 11 is 0. The van der Waals surface area contributed by atoms with Crippen molar-refractivity contribution < 1.29 is 30.0 Å². The molecule has 4 rings (SSSR count). The van der Waals surface area contributed by atoms with E-state index in [4.69, 9.17) is 4.74 Å². The summed E-state index contributed by atoms with van der Waals surface area (Å²) in [5, 5.41) is 43.7. The minimum atomic E-state index is -0.867. The first-order valence-corrected chi connectivity index (χ1v) is 18.3. The van der Waals surface area contributed by atoms with E-state index in [0.717, 1.165) is 38.5 Å². The molecule has 13 atom stereocenters. The van der Waals surface area contributed by atoms with Crippen LogP contribution >= 0.6 is 0 Å². The molecule has 0 aromatic rings. The topological polar surface area (TPSA) is 107 Å². The zero-order valence-electron chi connectivity index (χ0n) is 28.2. The number of aliphatic hydroxyl groups is 4. The molecule has 0 radical (unpaired) electrons. The van der Waals surface area contributed by atoms with Gasteiger partial charge in [0.25, 0.3) is 0 Å². The number of unbranched alkanes of at least 4 members (excludes halogenated alkanes) is 9. The molecule has 0 spiro atoms. The number of cyclic esters (lactones) is 1. The van der Waals surface area contributed by atoms with E-state index in [9.17, 15) is 25.2 Å². The van der Waals surface area contributed by atoms with Crippen LogP contribution in [-0.4, -0.2) is 57.4 Å². The van der Waals surface area contributed by atoms with Gasteiger partial charge in [-0.2, -0.15) is 0 Å². The fraction of sp³-hybridized carbons (Fsp3) is 0.973. The van der Waals surface area contributed by atoms with Crippen molar-refractivity contribution in [2.24, 2.45) is 52.3 Å². The molecule has 1 heterocycles. The molecule has 3 saturated carbocycles. The van der Waals surface area contributed by atoms with Crippen molar-refractivity contribution in [1.29, 1.82) is 0 Å². The van der Waals surface area contributed by atoms with Crippen molar-refractivity contribution in [2.45, 2.75) is 168 Å². The first kappa shape index (κ1) is 35.2. The molecule has 3 aliphatic carbocycles. The predicted octanol–water partition coefficient (Wildman–Crippen LogP) is 7.05. The number of fused-ring (bicyclic) bond motifs is 5. The van der Waals surface area contributed by atoms with Crippen molar-refractivity contribution in [3.63, 3.8) is 0 Å². The molecule has 0 bridgehead atoms. The van der Waals surface area contributed by atoms with Gasteiger partial charge >= 0.3 is 5.97 Å². The maximum atomic E-state index is 13.1. The van der Waals surface area contributed by atoms with Gasteiger partial charge in [0.1, 0.15) is 0 Å². The number of rotatable bonds is 15. The third-order valence-electron chi connectivity index (χ3n) is 13.5. The first-order valence-electron chi connectivity index (χ1n) is 18.3. The second kappa shape index (κ2) is 15.3. The van der Waals surface area contributed by atoms with E-state index in [1.54, 1.807) is 0 Å². The normalized spacial score (nSPS) is 40.4. The lowest BCUT2D eigenvalue weighted by Crippen LogP contribution is -2.55. The van der Waals surface area contributed by atoms with Crippen molar-refractivity contribution in [1.82, 2.24) is 0 Å². The highest BCUT2D eigenvalue weighted by atomic mass is 16.5. The first-order chi connectivity index (χ1) is 20.5. The zero-order chi connectivity index (χ0) is 31.4. The van der Waals surface area contributed by atoms with E-state index in [2.05, 4.69) is 34.6 Å². The van der Waals surface area contributed by atoms with Crippen LogP contribution in [0.3, 0.4) is 0 Å². The fourth-order valence-corrected chi connectivity index (χ4v) is 10.7. The molecule has 4 fully saturated rings. The van der Waals surface area contributed by atoms with Crippen molar-refractivity contribution in [3.05, 3.63) is 0 Å². The van der Waals surface area contributed by atoms with Gasteiger partial charge in [0.05, 0.1) is 36.9 Å². The Labute approximate surface area is 262 Å². The lowest BCUT2D eigenvalue weighted by atomic mass is 9.48. The lowest BCUT2D eigenvalue weighted by molar-refractivity contribution is -0.162. The van der Waals surface area contributed by atoms with Gasteiger partial charge < -0.3 is 25.2 Å². The Bertz CT molecular complexity index is 879. The molecule has 1 aliphatic heterocycles. The highest BCUT2D eigenvalue weighted by molar-refractivity contribution is 5.74. The number of carbonyl (C=O) groups excluding carboxylic acids is 1. The third-order valence-corrected chi connectivity index (χ3v) is 13.5. The predicted molar refractivity (Wildman–Crippen MR) is 171 cm³/mol. The van der Waals surface area contributed by atoms with Gasteiger partial charge in [-0.3, -0.25) is 4.79 Å². The number of ether oxygens (including phenoxy) is 1. The number of hydrogen-bond donors (Lipinski definition) is 4. The highest BCUT2D eigenvalue weighted by Crippen LogP contribution is 2.66. The van der Waals surface area contributed by atoms with E-state index in [1.165, 1.54) is 57.8 Å². The van der Waals surface area contributed by atoms with Crippen LogP contribution in [0.4, 0.5) is 0 Å². The summed E-state index contributed by atoms with van der Waals surface area (Å²) in [4.78, 5) is 13.1. The Morgan fingerprint density at radius 3 is 2.07 bits per heavy atom. The van der Waals surface area contributed by atoms with E-state index < -0.39 is 24.4 Å². The summed E-state index contributed by atoms with van der Waals surface area (Å²) in [5.74, 6) is 0.717. The quantitative estimate of drug-likeness (QED) is 0.118. The summed E-state index contributed by atoms with van der Waals surface area (Å²) in [6.45, 7) is 11.5. The lowest BCUT2D eigenvalue weighted by Gasteiger charge is -2.56. The molecule has 43 heavy (non-hydrogen) atoms. The summed E-state index contributed by atoms with van der Waals surface area (Å²) in [5.41, 5.74) is -0.349. The van der Waals surface area contributed by atoms with Crippen LogP contribution in [0.1, 0.15) is 144 Å². The van der Waals surface area contributed by atoms with Gasteiger partial charge in [-0.15, -0.1) is 0 Å². The van der Waals surface area contributed by atoms with Gasteiger partial charge in [0, 0.05) is 0 Å². The Balaban J connectivity index is 1.30. The van der Waals surface area contributed by atoms with Crippen molar-refractivity contribution in [2.75, 3.05) is 6.61 Å². The second-order valence-corrected chi connectivity index (χ2v) is 16.2. The SMILES string of the molecule is CCCCCCCCCCCC[C@H](C)[C@@H](O)[C@H](O)[C@@H](C)[C@H]1CC[C@H]2[C@@H]3COC(=O)[C@H]4C[C@H](O)[C@H](O)C[C@]4(C)[C@H]3CC[C@]12C. The third kappa shape index (κ3) is 7.49. The summed E-state index contributed by atoms with van der Waals surface area (Å²) in [6, 6.07) is 0. The van der Waals surface area contributed by atoms with Gasteiger partial charge in [0.2, 0.25) is 0 Å². The molecule has 0 unspecified atom stereocenters. The molecule has 0 aromatic heterocycles. The summed E-state index contributed by atoms with van der Waals surface area (Å²) in [7, 11) is 0. The molecule has 250 valence electrons. The van der Waals surface area contributed by atoms with Crippen molar-refractivity contribution in [3.8, 4) is 0 Å². The monoisotopic (exact) mass is 606 g/mol. The Kier molecular flexibility index (Phi) is 12.5. The van der Waals surface area contributed by atoms with Crippen LogP contribution in [0.2, 0.25) is 0 Å². The number of hydrogen-bond acceptors (Lipinski definition) is 6. The molecular formula is C37H66O6. The molecule has 6 heteroatoms. The van der Waals surface area contributed by atoms with E-state index in [0.29, 0.717) is 24.9 Å². The standard InChI is InChI=1S/C37H66O6/c1-6-7-8-9-10-11-12-13-14-15-16-24(2)33(40)34(41)25(3)27-17-18-28-26-23-43-35(42)30-21-31(38)32(39)22-37(30,5)29(26)19-20-36(27,28)4/h24-34,38-41H,6-23H2,1-5H3/t24-,25-,26-,27+,28-,29-,30+,31-,32+,33+,34+,36+,37+/m0/s1. The average molecular weight is 607 g/mol. The molecular weight excluding hydrogens is 540 g/mol. The minimum Gasteiger partial charge on any atom is -0.465 e. The minimum absolute atomic E-state index is 0.0000201. The van der Waals surface area contributed by atoms with E-state index in [1.807, 2.05) is 0 Å². The van der Waals surface area contributed by atoms with Crippen LogP contribution in [0, 0.1) is 52.3 Å². The summed E-state index contributed by atoms with van der Waals surface area (Å²) < 4.78 is 5.92. The number of carbonyl (C=O) groups is 1. The van der Waals surface area contributed by atoms with E-state index in [-0.39, 0.29) is 52.8 Å². The number of aliphatic hydroxyl groups excluding tert-OH is 4. The molecule has 0 amide bonds. The fourth-order valence-electron chi connectivity index (χ4n) is 10.7. The second-order valence-electron chi connectivity index (χ2n) is 16.2. The van der Waals surface area contributed by atoms with Crippen LogP contribution < -0.4 is 0 Å². The Hall–Kier alpha value is -0.690. The zero-order valence-corrected chi connectivity index (χ0v) is 28.2.